The summed E-state index contributed by atoms with van der Waals surface area (Å²) >= 11 is 0. The first kappa shape index (κ1) is 10.8. The summed E-state index contributed by atoms with van der Waals surface area (Å²) in [7, 11) is 0. The van der Waals surface area contributed by atoms with Crippen molar-refractivity contribution in [2.75, 3.05) is 5.73 Å². The van der Waals surface area contributed by atoms with E-state index in [9.17, 15) is 13.6 Å². The SMILES string of the molecule is Nc1cnc(C(=O)NC2CC2)c(C(F)F)c1. The lowest BCUT2D eigenvalue weighted by Gasteiger charge is -2.08. The van der Waals surface area contributed by atoms with Crippen molar-refractivity contribution in [2.45, 2.75) is 25.3 Å². The van der Waals surface area contributed by atoms with Crippen LogP contribution in [-0.2, 0) is 0 Å². The molecule has 2 rings (SSSR count). The van der Waals surface area contributed by atoms with Crippen LogP contribution in [0.3, 0.4) is 0 Å². The van der Waals surface area contributed by atoms with E-state index in [0.29, 0.717) is 0 Å². The minimum Gasteiger partial charge on any atom is -0.397 e. The number of hydrogen-bond donors (Lipinski definition) is 2. The molecular weight excluding hydrogens is 216 g/mol. The molecule has 0 aromatic carbocycles. The van der Waals surface area contributed by atoms with Crippen LogP contribution < -0.4 is 11.1 Å². The Bertz CT molecular complexity index is 419. The molecule has 1 fully saturated rings. The van der Waals surface area contributed by atoms with Crippen LogP contribution in [0.15, 0.2) is 12.3 Å². The standard InChI is InChI=1S/C10H11F2N3O/c11-9(12)7-3-5(13)4-14-8(7)10(16)15-6-1-2-6/h3-4,6,9H,1-2,13H2,(H,15,16). The Hall–Kier alpha value is -1.72. The molecule has 0 saturated heterocycles. The number of rotatable bonds is 3. The summed E-state index contributed by atoms with van der Waals surface area (Å²) in [6.07, 6.45) is 0.235. The quantitative estimate of drug-likeness (QED) is 0.822. The number of hydrogen-bond acceptors (Lipinski definition) is 3. The second kappa shape index (κ2) is 4.03. The van der Waals surface area contributed by atoms with Crippen molar-refractivity contribution in [3.8, 4) is 0 Å². The Balaban J connectivity index is 2.26. The molecule has 86 valence electrons. The van der Waals surface area contributed by atoms with Crippen LogP contribution in [0.4, 0.5) is 14.5 Å². The lowest BCUT2D eigenvalue weighted by molar-refractivity contribution is 0.0931. The summed E-state index contributed by atoms with van der Waals surface area (Å²) in [5.74, 6) is -0.558. The van der Waals surface area contributed by atoms with Gasteiger partial charge in [0.1, 0.15) is 5.69 Å². The maximum absolute atomic E-state index is 12.6. The molecule has 6 heteroatoms. The molecule has 1 aromatic heterocycles. The van der Waals surface area contributed by atoms with Gasteiger partial charge in [0.2, 0.25) is 0 Å². The van der Waals surface area contributed by atoms with Crippen LogP contribution in [-0.4, -0.2) is 16.9 Å². The largest absolute Gasteiger partial charge is 0.397 e. The molecule has 3 N–H and O–H groups in total. The molecule has 0 radical (unpaired) electrons. The zero-order valence-corrected chi connectivity index (χ0v) is 8.41. The molecule has 0 unspecified atom stereocenters. The molecule has 1 heterocycles. The van der Waals surface area contributed by atoms with Crippen molar-refractivity contribution in [2.24, 2.45) is 0 Å². The summed E-state index contributed by atoms with van der Waals surface area (Å²) in [4.78, 5) is 15.2. The molecule has 0 bridgehead atoms. The van der Waals surface area contributed by atoms with Crippen molar-refractivity contribution in [1.29, 1.82) is 0 Å². The highest BCUT2D eigenvalue weighted by Gasteiger charge is 2.27. The van der Waals surface area contributed by atoms with Gasteiger partial charge in [0.05, 0.1) is 17.4 Å². The lowest BCUT2D eigenvalue weighted by Crippen LogP contribution is -2.27. The van der Waals surface area contributed by atoms with E-state index in [0.717, 1.165) is 18.9 Å². The number of anilines is 1. The summed E-state index contributed by atoms with van der Waals surface area (Å²) in [5.41, 5.74) is 4.82. The number of nitrogen functional groups attached to an aromatic ring is 1. The smallest absolute Gasteiger partial charge is 0.270 e. The van der Waals surface area contributed by atoms with Crippen LogP contribution in [0.5, 0.6) is 0 Å². The van der Waals surface area contributed by atoms with Gasteiger partial charge in [-0.15, -0.1) is 0 Å². The van der Waals surface area contributed by atoms with Gasteiger partial charge in [-0.05, 0) is 18.9 Å². The van der Waals surface area contributed by atoms with Crippen molar-refractivity contribution >= 4 is 11.6 Å². The van der Waals surface area contributed by atoms with E-state index in [-0.39, 0.29) is 17.4 Å². The summed E-state index contributed by atoms with van der Waals surface area (Å²) in [5, 5.41) is 2.61. The van der Waals surface area contributed by atoms with Crippen molar-refractivity contribution in [3.05, 3.63) is 23.5 Å². The number of halogens is 2. The molecule has 1 amide bonds. The highest BCUT2D eigenvalue weighted by Crippen LogP contribution is 2.25. The molecule has 1 saturated carbocycles. The van der Waals surface area contributed by atoms with E-state index in [1.807, 2.05) is 0 Å². The van der Waals surface area contributed by atoms with Gasteiger partial charge < -0.3 is 11.1 Å². The predicted molar refractivity (Wildman–Crippen MR) is 54.1 cm³/mol. The molecule has 1 aliphatic carbocycles. The minimum absolute atomic E-state index is 0.109. The Morgan fingerprint density at radius 1 is 1.56 bits per heavy atom. The highest BCUT2D eigenvalue weighted by atomic mass is 19.3. The molecule has 16 heavy (non-hydrogen) atoms. The first-order valence-corrected chi connectivity index (χ1v) is 4.92. The molecule has 1 aliphatic rings. The number of amides is 1. The predicted octanol–water partition coefficient (Wildman–Crippen LogP) is 1.49. The first-order chi connectivity index (χ1) is 7.58. The Morgan fingerprint density at radius 3 is 2.81 bits per heavy atom. The van der Waals surface area contributed by atoms with Crippen molar-refractivity contribution in [3.63, 3.8) is 0 Å². The fourth-order valence-electron chi connectivity index (χ4n) is 1.34. The van der Waals surface area contributed by atoms with Gasteiger partial charge in [-0.3, -0.25) is 4.79 Å². The van der Waals surface area contributed by atoms with Gasteiger partial charge in [-0.2, -0.15) is 0 Å². The number of alkyl halides is 2. The van der Waals surface area contributed by atoms with Crippen LogP contribution in [0, 0.1) is 0 Å². The minimum atomic E-state index is -2.75. The summed E-state index contributed by atoms with van der Waals surface area (Å²) in [6, 6.07) is 1.19. The van der Waals surface area contributed by atoms with Gasteiger partial charge >= 0.3 is 0 Å². The Labute approximate surface area is 90.9 Å². The fourth-order valence-corrected chi connectivity index (χ4v) is 1.34. The monoisotopic (exact) mass is 227 g/mol. The highest BCUT2D eigenvalue weighted by molar-refractivity contribution is 5.94. The van der Waals surface area contributed by atoms with E-state index in [1.54, 1.807) is 0 Å². The third-order valence-electron chi connectivity index (χ3n) is 2.30. The van der Waals surface area contributed by atoms with Crippen LogP contribution in [0.25, 0.3) is 0 Å². The molecule has 0 spiro atoms. The van der Waals surface area contributed by atoms with Crippen LogP contribution in [0.1, 0.15) is 35.3 Å². The van der Waals surface area contributed by atoms with Gasteiger partial charge in [-0.1, -0.05) is 0 Å². The maximum Gasteiger partial charge on any atom is 0.270 e. The number of nitrogens with zero attached hydrogens (tertiary/aromatic N) is 1. The summed E-state index contributed by atoms with van der Waals surface area (Å²) < 4.78 is 25.3. The Kier molecular flexibility index (Phi) is 2.72. The molecule has 4 nitrogen and oxygen atoms in total. The molecule has 0 atom stereocenters. The number of pyridine rings is 1. The first-order valence-electron chi connectivity index (χ1n) is 4.92. The number of aromatic nitrogens is 1. The topological polar surface area (TPSA) is 68.0 Å². The zero-order chi connectivity index (χ0) is 11.7. The van der Waals surface area contributed by atoms with Crippen LogP contribution in [0.2, 0.25) is 0 Å². The van der Waals surface area contributed by atoms with Gasteiger partial charge in [0, 0.05) is 6.04 Å². The van der Waals surface area contributed by atoms with Gasteiger partial charge in [0.15, 0.2) is 0 Å². The van der Waals surface area contributed by atoms with Crippen molar-refractivity contribution in [1.82, 2.24) is 10.3 Å². The number of nitrogens with one attached hydrogen (secondary N) is 1. The van der Waals surface area contributed by atoms with E-state index in [1.165, 1.54) is 6.20 Å². The number of carbonyl (C=O) groups is 1. The average molecular weight is 227 g/mol. The molecule has 1 aromatic rings. The number of carbonyl (C=O) groups excluding carboxylic acids is 1. The van der Waals surface area contributed by atoms with Crippen molar-refractivity contribution < 1.29 is 13.6 Å². The average Bonchev–Trinajstić information content (AvgIpc) is 3.01. The van der Waals surface area contributed by atoms with E-state index in [2.05, 4.69) is 10.3 Å². The molecule has 0 aliphatic heterocycles. The third kappa shape index (κ3) is 2.26. The number of nitrogens with two attached hydrogens (primary N) is 1. The Morgan fingerprint density at radius 2 is 2.25 bits per heavy atom. The van der Waals surface area contributed by atoms with E-state index >= 15 is 0 Å². The van der Waals surface area contributed by atoms with Gasteiger partial charge in [0.25, 0.3) is 12.3 Å². The third-order valence-corrected chi connectivity index (χ3v) is 2.30. The second-order valence-corrected chi connectivity index (χ2v) is 3.75. The van der Waals surface area contributed by atoms with E-state index in [4.69, 9.17) is 5.73 Å². The second-order valence-electron chi connectivity index (χ2n) is 3.75. The lowest BCUT2D eigenvalue weighted by atomic mass is 10.1. The van der Waals surface area contributed by atoms with Crippen LogP contribution >= 0.6 is 0 Å². The van der Waals surface area contributed by atoms with Gasteiger partial charge in [-0.25, -0.2) is 13.8 Å². The zero-order valence-electron chi connectivity index (χ0n) is 8.41. The van der Waals surface area contributed by atoms with E-state index < -0.39 is 17.9 Å². The molecular formula is C10H11F2N3O. The normalized spacial score (nSPS) is 15.2. The fraction of sp³-hybridized carbons (Fsp3) is 0.400. The maximum atomic E-state index is 12.6. The summed E-state index contributed by atoms with van der Waals surface area (Å²) in [6.45, 7) is 0.